The van der Waals surface area contributed by atoms with Gasteiger partial charge in [0.1, 0.15) is 11.6 Å². The van der Waals surface area contributed by atoms with E-state index in [0.717, 1.165) is 10.6 Å². The van der Waals surface area contributed by atoms with Crippen molar-refractivity contribution in [3.8, 4) is 5.75 Å². The van der Waals surface area contributed by atoms with Gasteiger partial charge in [-0.25, -0.2) is 12.8 Å². The van der Waals surface area contributed by atoms with Gasteiger partial charge in [-0.3, -0.25) is 9.10 Å². The largest absolute Gasteiger partial charge is 0.481 e. The fraction of sp³-hybridized carbons (Fsp3) is 0.278. The summed E-state index contributed by atoms with van der Waals surface area (Å²) in [7, 11) is -1.90. The summed E-state index contributed by atoms with van der Waals surface area (Å²) < 4.78 is 43.1. The number of anilines is 2. The summed E-state index contributed by atoms with van der Waals surface area (Å²) in [5.41, 5.74) is 0.833. The third-order valence-electron chi connectivity index (χ3n) is 3.73. The van der Waals surface area contributed by atoms with Crippen molar-refractivity contribution in [3.05, 3.63) is 54.3 Å². The molecular formula is C18H21FN2O4S. The number of hydrogen-bond acceptors (Lipinski definition) is 4. The molecule has 0 saturated carbocycles. The molecule has 0 fully saturated rings. The Morgan fingerprint density at radius 1 is 1.23 bits per heavy atom. The highest BCUT2D eigenvalue weighted by molar-refractivity contribution is 7.92. The summed E-state index contributed by atoms with van der Waals surface area (Å²) in [6, 6.07) is 12.0. The molecule has 0 aliphatic rings. The van der Waals surface area contributed by atoms with E-state index in [-0.39, 0.29) is 0 Å². The van der Waals surface area contributed by atoms with E-state index in [1.165, 1.54) is 25.2 Å². The number of carbonyl (C=O) groups is 1. The fourth-order valence-electron chi connectivity index (χ4n) is 2.20. The average molecular weight is 380 g/mol. The molecule has 6 nitrogen and oxygen atoms in total. The maximum atomic E-state index is 13.2. The molecular weight excluding hydrogens is 359 g/mol. The third-order valence-corrected chi connectivity index (χ3v) is 4.94. The molecule has 2 aromatic carbocycles. The Labute approximate surface area is 152 Å². The Balaban J connectivity index is 2.06. The summed E-state index contributed by atoms with van der Waals surface area (Å²) in [6.45, 7) is 1.79. The summed E-state index contributed by atoms with van der Waals surface area (Å²) in [5, 5.41) is 2.61. The first kappa shape index (κ1) is 19.7. The van der Waals surface area contributed by atoms with E-state index in [0.29, 0.717) is 23.5 Å². The highest BCUT2D eigenvalue weighted by Gasteiger charge is 2.19. The van der Waals surface area contributed by atoms with E-state index in [2.05, 4.69) is 5.32 Å². The number of carbonyl (C=O) groups excluding carboxylic acids is 1. The first-order valence-corrected chi connectivity index (χ1v) is 9.82. The molecule has 1 atom stereocenters. The normalized spacial score (nSPS) is 12.3. The van der Waals surface area contributed by atoms with Gasteiger partial charge in [0.25, 0.3) is 5.91 Å². The van der Waals surface area contributed by atoms with Gasteiger partial charge in [-0.15, -0.1) is 0 Å². The maximum absolute atomic E-state index is 13.2. The quantitative estimate of drug-likeness (QED) is 0.801. The molecule has 0 radical (unpaired) electrons. The number of benzene rings is 2. The molecule has 2 rings (SSSR count). The number of amides is 1. The highest BCUT2D eigenvalue weighted by Crippen LogP contribution is 2.22. The lowest BCUT2D eigenvalue weighted by molar-refractivity contribution is -0.122. The second-order valence-electron chi connectivity index (χ2n) is 5.74. The summed E-state index contributed by atoms with van der Waals surface area (Å²) in [4.78, 5) is 12.3. The van der Waals surface area contributed by atoms with Gasteiger partial charge in [0.05, 0.1) is 11.9 Å². The van der Waals surface area contributed by atoms with E-state index < -0.39 is 27.9 Å². The monoisotopic (exact) mass is 380 g/mol. The van der Waals surface area contributed by atoms with Gasteiger partial charge >= 0.3 is 0 Å². The average Bonchev–Trinajstić information content (AvgIpc) is 2.58. The number of nitrogens with zero attached hydrogens (tertiary/aromatic N) is 1. The SMILES string of the molecule is CC[C@H](Oc1ccc(N(C)S(C)(=O)=O)cc1)C(=O)Nc1cccc(F)c1. The number of sulfonamides is 1. The number of nitrogens with one attached hydrogen (secondary N) is 1. The zero-order valence-electron chi connectivity index (χ0n) is 14.8. The van der Waals surface area contributed by atoms with Gasteiger partial charge in [-0.05, 0) is 48.9 Å². The predicted molar refractivity (Wildman–Crippen MR) is 99.4 cm³/mol. The van der Waals surface area contributed by atoms with Crippen molar-refractivity contribution in [2.24, 2.45) is 0 Å². The fourth-order valence-corrected chi connectivity index (χ4v) is 2.71. The molecule has 8 heteroatoms. The summed E-state index contributed by atoms with van der Waals surface area (Å²) in [6.07, 6.45) is 0.754. The third kappa shape index (κ3) is 5.19. The molecule has 0 aliphatic carbocycles. The van der Waals surface area contributed by atoms with E-state index in [1.54, 1.807) is 37.3 Å². The van der Waals surface area contributed by atoms with Crippen LogP contribution in [0.1, 0.15) is 13.3 Å². The Kier molecular flexibility index (Phi) is 6.20. The van der Waals surface area contributed by atoms with Crippen LogP contribution in [0, 0.1) is 5.82 Å². The van der Waals surface area contributed by atoms with Crippen LogP contribution >= 0.6 is 0 Å². The van der Waals surface area contributed by atoms with Crippen LogP contribution in [-0.4, -0.2) is 33.7 Å². The lowest BCUT2D eigenvalue weighted by Gasteiger charge is -2.19. The van der Waals surface area contributed by atoms with Crippen molar-refractivity contribution in [3.63, 3.8) is 0 Å². The molecule has 0 spiro atoms. The van der Waals surface area contributed by atoms with Crippen LogP contribution < -0.4 is 14.4 Å². The molecule has 1 N–H and O–H groups in total. The zero-order valence-corrected chi connectivity index (χ0v) is 15.6. The second kappa shape index (κ2) is 8.18. The minimum atomic E-state index is -3.35. The van der Waals surface area contributed by atoms with Gasteiger partial charge in [-0.2, -0.15) is 0 Å². The van der Waals surface area contributed by atoms with Crippen molar-refractivity contribution in [1.29, 1.82) is 0 Å². The smallest absolute Gasteiger partial charge is 0.265 e. The lowest BCUT2D eigenvalue weighted by atomic mass is 10.2. The Morgan fingerprint density at radius 3 is 2.42 bits per heavy atom. The Bertz CT molecular complexity index is 869. The van der Waals surface area contributed by atoms with E-state index in [1.807, 2.05) is 0 Å². The van der Waals surface area contributed by atoms with Crippen LogP contribution in [0.25, 0.3) is 0 Å². The van der Waals surface area contributed by atoms with Crippen molar-refractivity contribution in [2.45, 2.75) is 19.4 Å². The number of ether oxygens (including phenoxy) is 1. The molecule has 0 unspecified atom stereocenters. The van der Waals surface area contributed by atoms with Gasteiger partial charge in [-0.1, -0.05) is 13.0 Å². The molecule has 0 aromatic heterocycles. The second-order valence-corrected chi connectivity index (χ2v) is 7.75. The molecule has 0 aliphatic heterocycles. The molecule has 2 aromatic rings. The first-order chi connectivity index (χ1) is 12.2. The molecule has 140 valence electrons. The van der Waals surface area contributed by atoms with Crippen LogP contribution in [0.4, 0.5) is 15.8 Å². The van der Waals surface area contributed by atoms with Crippen LogP contribution in [0.3, 0.4) is 0 Å². The Morgan fingerprint density at radius 2 is 1.88 bits per heavy atom. The molecule has 26 heavy (non-hydrogen) atoms. The van der Waals surface area contributed by atoms with Gasteiger partial charge < -0.3 is 10.1 Å². The summed E-state index contributed by atoms with van der Waals surface area (Å²) >= 11 is 0. The van der Waals surface area contributed by atoms with Crippen LogP contribution in [0.5, 0.6) is 5.75 Å². The topological polar surface area (TPSA) is 75.7 Å². The highest BCUT2D eigenvalue weighted by atomic mass is 32.2. The van der Waals surface area contributed by atoms with Gasteiger partial charge in [0.2, 0.25) is 10.0 Å². The van der Waals surface area contributed by atoms with Crippen LogP contribution in [-0.2, 0) is 14.8 Å². The van der Waals surface area contributed by atoms with Crippen LogP contribution in [0.2, 0.25) is 0 Å². The standard InChI is InChI=1S/C18H21FN2O4S/c1-4-17(18(22)20-14-7-5-6-13(19)12-14)25-16-10-8-15(9-11-16)21(2)26(3,23)24/h5-12,17H,4H2,1-3H3,(H,20,22)/t17-/m0/s1. The van der Waals surface area contributed by atoms with E-state index in [4.69, 9.17) is 4.74 Å². The van der Waals surface area contributed by atoms with Gasteiger partial charge in [0, 0.05) is 12.7 Å². The minimum Gasteiger partial charge on any atom is -0.481 e. The van der Waals surface area contributed by atoms with Gasteiger partial charge in [0.15, 0.2) is 6.10 Å². The van der Waals surface area contributed by atoms with Crippen molar-refractivity contribution in [2.75, 3.05) is 22.9 Å². The molecule has 0 bridgehead atoms. The van der Waals surface area contributed by atoms with Crippen molar-refractivity contribution >= 4 is 27.3 Å². The first-order valence-electron chi connectivity index (χ1n) is 7.97. The minimum absolute atomic E-state index is 0.349. The molecule has 1 amide bonds. The maximum Gasteiger partial charge on any atom is 0.265 e. The molecule has 0 heterocycles. The van der Waals surface area contributed by atoms with E-state index in [9.17, 15) is 17.6 Å². The van der Waals surface area contributed by atoms with Crippen LogP contribution in [0.15, 0.2) is 48.5 Å². The summed E-state index contributed by atoms with van der Waals surface area (Å²) in [5.74, 6) is -0.408. The van der Waals surface area contributed by atoms with Crippen molar-refractivity contribution < 1.29 is 22.3 Å². The van der Waals surface area contributed by atoms with Crippen molar-refractivity contribution in [1.82, 2.24) is 0 Å². The zero-order chi connectivity index (χ0) is 19.3. The number of halogens is 1. The lowest BCUT2D eigenvalue weighted by Crippen LogP contribution is -2.32. The van der Waals surface area contributed by atoms with E-state index >= 15 is 0 Å². The predicted octanol–water partition coefficient (Wildman–Crippen LogP) is 3.02. The number of hydrogen-bond donors (Lipinski definition) is 1. The molecule has 0 saturated heterocycles. The number of rotatable bonds is 7. The Hall–Kier alpha value is -2.61.